The summed E-state index contributed by atoms with van der Waals surface area (Å²) in [6.07, 6.45) is 0. The Labute approximate surface area is 139 Å². The Morgan fingerprint density at radius 2 is 1.46 bits per heavy atom. The van der Waals surface area contributed by atoms with Crippen molar-refractivity contribution >= 4 is 11.5 Å². The lowest BCUT2D eigenvalue weighted by atomic mass is 10.0. The number of nitrogens with zero attached hydrogens (tertiary/aromatic N) is 1. The second-order valence-corrected chi connectivity index (χ2v) is 5.19. The predicted molar refractivity (Wildman–Crippen MR) is 92.0 cm³/mol. The summed E-state index contributed by atoms with van der Waals surface area (Å²) in [5.74, 6) is 0.961. The van der Waals surface area contributed by atoms with Gasteiger partial charge < -0.3 is 10.5 Å². The van der Waals surface area contributed by atoms with Crippen LogP contribution in [0.2, 0.25) is 0 Å². The quantitative estimate of drug-likeness (QED) is 0.579. The molecule has 3 rings (SSSR count). The van der Waals surface area contributed by atoms with Gasteiger partial charge in [0.2, 0.25) is 0 Å². The summed E-state index contributed by atoms with van der Waals surface area (Å²) in [6, 6.07) is 22.7. The lowest BCUT2D eigenvalue weighted by Crippen LogP contribution is -2.01. The summed E-state index contributed by atoms with van der Waals surface area (Å²) < 4.78 is 5.71. The molecule has 0 amide bonds. The Balaban J connectivity index is 1.79. The monoisotopic (exact) mass is 314 g/mol. The van der Waals surface area contributed by atoms with E-state index in [1.165, 1.54) is 0 Å². The maximum absolute atomic E-state index is 12.4. The third-order valence-corrected chi connectivity index (χ3v) is 3.52. The lowest BCUT2D eigenvalue weighted by Gasteiger charge is -2.08. The van der Waals surface area contributed by atoms with Crippen molar-refractivity contribution in [3.8, 4) is 17.6 Å². The summed E-state index contributed by atoms with van der Waals surface area (Å²) in [6.45, 7) is 0. The molecular weight excluding hydrogens is 300 g/mol. The molecule has 0 aliphatic carbocycles. The Morgan fingerprint density at radius 3 is 2.08 bits per heavy atom. The number of nitrogens with two attached hydrogens (primary N) is 1. The number of para-hydroxylation sites is 1. The van der Waals surface area contributed by atoms with Gasteiger partial charge in [-0.15, -0.1) is 0 Å². The molecule has 2 N–H and O–H groups in total. The fourth-order valence-corrected chi connectivity index (χ4v) is 2.25. The van der Waals surface area contributed by atoms with E-state index in [2.05, 4.69) is 6.07 Å². The number of ketones is 1. The average molecular weight is 314 g/mol. The number of benzene rings is 3. The van der Waals surface area contributed by atoms with Gasteiger partial charge in [-0.05, 0) is 60.7 Å². The van der Waals surface area contributed by atoms with Crippen molar-refractivity contribution in [1.82, 2.24) is 0 Å². The second-order valence-electron chi connectivity index (χ2n) is 5.19. The molecule has 0 saturated carbocycles. The van der Waals surface area contributed by atoms with Crippen molar-refractivity contribution in [2.45, 2.75) is 0 Å². The van der Waals surface area contributed by atoms with E-state index in [0.29, 0.717) is 33.9 Å². The van der Waals surface area contributed by atoms with E-state index in [1.54, 1.807) is 72.8 Å². The third kappa shape index (κ3) is 3.26. The predicted octanol–water partition coefficient (Wildman–Crippen LogP) is 4.16. The third-order valence-electron chi connectivity index (χ3n) is 3.52. The maximum atomic E-state index is 12.4. The highest BCUT2D eigenvalue weighted by atomic mass is 16.5. The van der Waals surface area contributed by atoms with Gasteiger partial charge in [0.1, 0.15) is 17.6 Å². The summed E-state index contributed by atoms with van der Waals surface area (Å²) in [7, 11) is 0. The first-order chi connectivity index (χ1) is 11.7. The minimum absolute atomic E-state index is 0.0843. The summed E-state index contributed by atoms with van der Waals surface area (Å²) in [4.78, 5) is 12.4. The Kier molecular flexibility index (Phi) is 4.26. The molecule has 0 atom stereocenters. The summed E-state index contributed by atoms with van der Waals surface area (Å²) in [5, 5.41) is 9.08. The van der Waals surface area contributed by atoms with E-state index in [4.69, 9.17) is 15.7 Å². The number of nitrogen functional groups attached to an aromatic ring is 1. The molecule has 0 aromatic heterocycles. The van der Waals surface area contributed by atoms with E-state index < -0.39 is 0 Å². The smallest absolute Gasteiger partial charge is 0.193 e. The number of carbonyl (C=O) groups is 1. The van der Waals surface area contributed by atoms with Crippen molar-refractivity contribution in [3.05, 3.63) is 89.5 Å². The number of hydrogen-bond donors (Lipinski definition) is 1. The fourth-order valence-electron chi connectivity index (χ4n) is 2.25. The first-order valence-electron chi connectivity index (χ1n) is 7.34. The van der Waals surface area contributed by atoms with Crippen LogP contribution in [0.25, 0.3) is 0 Å². The molecule has 0 aliphatic heterocycles. The van der Waals surface area contributed by atoms with Crippen molar-refractivity contribution in [3.63, 3.8) is 0 Å². The molecule has 0 radical (unpaired) electrons. The van der Waals surface area contributed by atoms with E-state index in [0.717, 1.165) is 0 Å². The van der Waals surface area contributed by atoms with Crippen LogP contribution >= 0.6 is 0 Å². The van der Waals surface area contributed by atoms with Crippen LogP contribution < -0.4 is 10.5 Å². The highest BCUT2D eigenvalue weighted by molar-refractivity contribution is 6.09. The van der Waals surface area contributed by atoms with E-state index in [9.17, 15) is 4.79 Å². The van der Waals surface area contributed by atoms with Crippen LogP contribution in [0.5, 0.6) is 11.5 Å². The highest BCUT2D eigenvalue weighted by Gasteiger charge is 2.09. The van der Waals surface area contributed by atoms with Crippen LogP contribution in [-0.4, -0.2) is 5.78 Å². The SMILES string of the molecule is N#Cc1ccccc1Oc1ccc(C(=O)c2ccc(N)cc2)cc1. The molecule has 0 spiro atoms. The average Bonchev–Trinajstić information content (AvgIpc) is 2.63. The van der Waals surface area contributed by atoms with Crippen LogP contribution in [0.15, 0.2) is 72.8 Å². The van der Waals surface area contributed by atoms with Crippen LogP contribution in [0.3, 0.4) is 0 Å². The highest BCUT2D eigenvalue weighted by Crippen LogP contribution is 2.25. The standard InChI is InChI=1S/C20H14N2O2/c21-13-16-3-1-2-4-19(16)24-18-11-7-15(8-12-18)20(23)14-5-9-17(22)10-6-14/h1-12H,22H2. The van der Waals surface area contributed by atoms with Crippen molar-refractivity contribution in [2.75, 3.05) is 5.73 Å². The number of carbonyl (C=O) groups excluding carboxylic acids is 1. The molecule has 24 heavy (non-hydrogen) atoms. The molecule has 0 unspecified atom stereocenters. The van der Waals surface area contributed by atoms with Gasteiger partial charge in [0.25, 0.3) is 0 Å². The van der Waals surface area contributed by atoms with E-state index >= 15 is 0 Å². The first-order valence-corrected chi connectivity index (χ1v) is 7.34. The van der Waals surface area contributed by atoms with E-state index in [1.807, 2.05) is 0 Å². The zero-order valence-electron chi connectivity index (χ0n) is 12.8. The van der Waals surface area contributed by atoms with Crippen LogP contribution in [0, 0.1) is 11.3 Å². The second kappa shape index (κ2) is 6.67. The van der Waals surface area contributed by atoms with Gasteiger partial charge >= 0.3 is 0 Å². The first kappa shape index (κ1) is 15.3. The van der Waals surface area contributed by atoms with Gasteiger partial charge in [0.15, 0.2) is 5.78 Å². The molecule has 4 heteroatoms. The molecule has 3 aromatic carbocycles. The van der Waals surface area contributed by atoms with Gasteiger partial charge in [0.05, 0.1) is 5.56 Å². The summed E-state index contributed by atoms with van der Waals surface area (Å²) in [5.41, 5.74) is 7.84. The molecule has 4 nitrogen and oxygen atoms in total. The van der Waals surface area contributed by atoms with Gasteiger partial charge in [-0.25, -0.2) is 0 Å². The zero-order chi connectivity index (χ0) is 16.9. The Morgan fingerprint density at radius 1 is 0.875 bits per heavy atom. The fraction of sp³-hybridized carbons (Fsp3) is 0. The topological polar surface area (TPSA) is 76.1 Å². The molecular formula is C20H14N2O2. The van der Waals surface area contributed by atoms with Gasteiger partial charge in [0, 0.05) is 16.8 Å². The number of ether oxygens (including phenoxy) is 1. The van der Waals surface area contributed by atoms with Crippen molar-refractivity contribution < 1.29 is 9.53 Å². The number of rotatable bonds is 4. The molecule has 0 aliphatic rings. The number of anilines is 1. The minimum atomic E-state index is -0.0843. The number of hydrogen-bond acceptors (Lipinski definition) is 4. The van der Waals surface area contributed by atoms with E-state index in [-0.39, 0.29) is 5.78 Å². The summed E-state index contributed by atoms with van der Waals surface area (Å²) >= 11 is 0. The Hall–Kier alpha value is -3.58. The lowest BCUT2D eigenvalue weighted by molar-refractivity contribution is 0.103. The van der Waals surface area contributed by atoms with Crippen LogP contribution in [-0.2, 0) is 0 Å². The largest absolute Gasteiger partial charge is 0.456 e. The minimum Gasteiger partial charge on any atom is -0.456 e. The normalized spacial score (nSPS) is 9.96. The molecule has 0 heterocycles. The van der Waals surface area contributed by atoms with Crippen molar-refractivity contribution in [1.29, 1.82) is 5.26 Å². The van der Waals surface area contributed by atoms with Gasteiger partial charge in [-0.3, -0.25) is 4.79 Å². The van der Waals surface area contributed by atoms with Crippen LogP contribution in [0.4, 0.5) is 5.69 Å². The molecule has 116 valence electrons. The van der Waals surface area contributed by atoms with Gasteiger partial charge in [-0.2, -0.15) is 5.26 Å². The number of nitriles is 1. The van der Waals surface area contributed by atoms with Gasteiger partial charge in [-0.1, -0.05) is 12.1 Å². The Bertz CT molecular complexity index is 908. The van der Waals surface area contributed by atoms with Crippen LogP contribution in [0.1, 0.15) is 21.5 Å². The molecule has 0 fully saturated rings. The molecule has 0 saturated heterocycles. The maximum Gasteiger partial charge on any atom is 0.193 e. The zero-order valence-corrected chi connectivity index (χ0v) is 12.8. The molecule has 3 aromatic rings. The van der Waals surface area contributed by atoms with Crippen molar-refractivity contribution in [2.24, 2.45) is 0 Å². The molecule has 0 bridgehead atoms.